The van der Waals surface area contributed by atoms with Gasteiger partial charge in [-0.1, -0.05) is 66.6 Å². The topological polar surface area (TPSA) is 66.8 Å². The standard InChI is InChI=1S/C28H27NO4/c1-4-15-33-23-10-6-9-21(17-23)26(30)24-25(20-8-5-7-19(3)16-20)29(28(32)27(24)31)22-13-11-18(2)12-14-22/h5-14,16-17,25,30H,4,15H2,1-3H3/b26-24-. The molecule has 1 aliphatic heterocycles. The van der Waals surface area contributed by atoms with Gasteiger partial charge in [0.15, 0.2) is 0 Å². The molecule has 3 aromatic rings. The Kier molecular flexibility index (Phi) is 6.31. The number of benzene rings is 3. The first kappa shape index (κ1) is 22.3. The highest BCUT2D eigenvalue weighted by Crippen LogP contribution is 2.42. The van der Waals surface area contributed by atoms with Crippen LogP contribution in [0, 0.1) is 13.8 Å². The van der Waals surface area contributed by atoms with Gasteiger partial charge in [0.05, 0.1) is 18.2 Å². The number of Topliss-reactive ketones (excluding diaryl/α,β-unsaturated/α-hetero) is 1. The predicted molar refractivity (Wildman–Crippen MR) is 129 cm³/mol. The van der Waals surface area contributed by atoms with Gasteiger partial charge in [-0.25, -0.2) is 0 Å². The quantitative estimate of drug-likeness (QED) is 0.302. The normalized spacial score (nSPS) is 17.4. The van der Waals surface area contributed by atoms with E-state index in [0.29, 0.717) is 23.6 Å². The number of hydrogen-bond donors (Lipinski definition) is 1. The molecule has 1 unspecified atom stereocenters. The van der Waals surface area contributed by atoms with Crippen LogP contribution in [0.4, 0.5) is 5.69 Å². The number of ketones is 1. The molecule has 0 aromatic heterocycles. The zero-order valence-corrected chi connectivity index (χ0v) is 19.0. The number of carbonyl (C=O) groups is 2. The Labute approximate surface area is 193 Å². The van der Waals surface area contributed by atoms with Gasteiger partial charge in [-0.2, -0.15) is 0 Å². The number of nitrogens with zero attached hydrogens (tertiary/aromatic N) is 1. The van der Waals surface area contributed by atoms with Gasteiger partial charge in [0.1, 0.15) is 11.5 Å². The van der Waals surface area contributed by atoms with Crippen molar-refractivity contribution < 1.29 is 19.4 Å². The van der Waals surface area contributed by atoms with E-state index in [-0.39, 0.29) is 11.3 Å². The van der Waals surface area contributed by atoms with E-state index in [1.165, 1.54) is 4.90 Å². The molecule has 3 aromatic carbocycles. The second kappa shape index (κ2) is 9.33. The maximum atomic E-state index is 13.3. The highest BCUT2D eigenvalue weighted by molar-refractivity contribution is 6.51. The zero-order chi connectivity index (χ0) is 23.5. The number of amides is 1. The Morgan fingerprint density at radius 1 is 0.939 bits per heavy atom. The van der Waals surface area contributed by atoms with Gasteiger partial charge >= 0.3 is 0 Å². The predicted octanol–water partition coefficient (Wildman–Crippen LogP) is 5.72. The van der Waals surface area contributed by atoms with Gasteiger partial charge in [-0.15, -0.1) is 0 Å². The molecule has 1 heterocycles. The molecule has 0 aliphatic carbocycles. The van der Waals surface area contributed by atoms with Gasteiger partial charge in [-0.05, 0) is 50.1 Å². The Balaban J connectivity index is 1.89. The summed E-state index contributed by atoms with van der Waals surface area (Å²) in [5.74, 6) is -0.984. The Bertz CT molecular complexity index is 1230. The molecule has 4 rings (SSSR count). The summed E-state index contributed by atoms with van der Waals surface area (Å²) in [4.78, 5) is 27.9. The van der Waals surface area contributed by atoms with E-state index in [2.05, 4.69) is 0 Å². The molecule has 1 N–H and O–H groups in total. The molecule has 33 heavy (non-hydrogen) atoms. The number of carbonyl (C=O) groups excluding carboxylic acids is 2. The zero-order valence-electron chi connectivity index (χ0n) is 19.0. The van der Waals surface area contributed by atoms with Crippen molar-refractivity contribution in [3.05, 3.63) is 101 Å². The number of aliphatic hydroxyl groups excluding tert-OH is 1. The number of rotatable bonds is 6. The van der Waals surface area contributed by atoms with Crippen molar-refractivity contribution in [3.63, 3.8) is 0 Å². The molecule has 5 nitrogen and oxygen atoms in total. The van der Waals surface area contributed by atoms with Crippen LogP contribution >= 0.6 is 0 Å². The van der Waals surface area contributed by atoms with Crippen LogP contribution < -0.4 is 9.64 Å². The van der Waals surface area contributed by atoms with Gasteiger partial charge in [0.2, 0.25) is 0 Å². The van der Waals surface area contributed by atoms with Crippen molar-refractivity contribution >= 4 is 23.1 Å². The smallest absolute Gasteiger partial charge is 0.300 e. The lowest BCUT2D eigenvalue weighted by Crippen LogP contribution is -2.29. The van der Waals surface area contributed by atoms with Crippen molar-refractivity contribution in [3.8, 4) is 5.75 Å². The first-order valence-electron chi connectivity index (χ1n) is 11.1. The third-order valence-electron chi connectivity index (χ3n) is 5.69. The summed E-state index contributed by atoms with van der Waals surface area (Å²) in [6, 6.07) is 21.3. The molecule has 1 amide bonds. The van der Waals surface area contributed by atoms with Crippen molar-refractivity contribution in [2.24, 2.45) is 0 Å². The van der Waals surface area contributed by atoms with Crippen LogP contribution in [-0.4, -0.2) is 23.4 Å². The lowest BCUT2D eigenvalue weighted by molar-refractivity contribution is -0.132. The van der Waals surface area contributed by atoms with Crippen LogP contribution in [0.3, 0.4) is 0 Å². The lowest BCUT2D eigenvalue weighted by Gasteiger charge is -2.26. The Morgan fingerprint density at radius 2 is 1.67 bits per heavy atom. The molecule has 0 spiro atoms. The fourth-order valence-corrected chi connectivity index (χ4v) is 4.07. The first-order valence-corrected chi connectivity index (χ1v) is 11.1. The molecule has 1 fully saturated rings. The fraction of sp³-hybridized carbons (Fsp3) is 0.214. The Morgan fingerprint density at radius 3 is 2.36 bits per heavy atom. The number of hydrogen-bond acceptors (Lipinski definition) is 4. The van der Waals surface area contributed by atoms with Gasteiger partial charge < -0.3 is 9.84 Å². The van der Waals surface area contributed by atoms with Gasteiger partial charge in [0, 0.05) is 11.3 Å². The molecule has 5 heteroatoms. The third-order valence-corrected chi connectivity index (χ3v) is 5.69. The van der Waals surface area contributed by atoms with Crippen molar-refractivity contribution in [2.75, 3.05) is 11.5 Å². The van der Waals surface area contributed by atoms with E-state index in [9.17, 15) is 14.7 Å². The summed E-state index contributed by atoms with van der Waals surface area (Å²) in [5.41, 5.74) is 3.91. The summed E-state index contributed by atoms with van der Waals surface area (Å²) in [5, 5.41) is 11.3. The molecular formula is C28H27NO4. The summed E-state index contributed by atoms with van der Waals surface area (Å²) >= 11 is 0. The number of anilines is 1. The minimum Gasteiger partial charge on any atom is -0.507 e. The Hall–Kier alpha value is -3.86. The van der Waals surface area contributed by atoms with E-state index >= 15 is 0 Å². The van der Waals surface area contributed by atoms with Crippen LogP contribution in [-0.2, 0) is 9.59 Å². The second-order valence-electron chi connectivity index (χ2n) is 8.30. The van der Waals surface area contributed by atoms with E-state index < -0.39 is 17.7 Å². The van der Waals surface area contributed by atoms with E-state index in [1.54, 1.807) is 24.3 Å². The highest BCUT2D eigenvalue weighted by atomic mass is 16.5. The molecule has 0 radical (unpaired) electrons. The third kappa shape index (κ3) is 4.40. The second-order valence-corrected chi connectivity index (χ2v) is 8.30. The number of ether oxygens (including phenoxy) is 1. The maximum Gasteiger partial charge on any atom is 0.300 e. The molecule has 168 valence electrons. The molecule has 1 atom stereocenters. The van der Waals surface area contributed by atoms with E-state index in [4.69, 9.17) is 4.74 Å². The van der Waals surface area contributed by atoms with Crippen molar-refractivity contribution in [2.45, 2.75) is 33.2 Å². The summed E-state index contributed by atoms with van der Waals surface area (Å²) in [6.07, 6.45) is 0.852. The van der Waals surface area contributed by atoms with Crippen LogP contribution in [0.1, 0.15) is 41.6 Å². The van der Waals surface area contributed by atoms with E-state index in [0.717, 1.165) is 23.1 Å². The molecular weight excluding hydrogens is 414 g/mol. The monoisotopic (exact) mass is 441 g/mol. The van der Waals surface area contributed by atoms with Crippen LogP contribution in [0.25, 0.3) is 5.76 Å². The van der Waals surface area contributed by atoms with Crippen molar-refractivity contribution in [1.82, 2.24) is 0 Å². The maximum absolute atomic E-state index is 13.3. The molecule has 0 bridgehead atoms. The van der Waals surface area contributed by atoms with Crippen LogP contribution in [0.5, 0.6) is 5.75 Å². The fourth-order valence-electron chi connectivity index (χ4n) is 4.07. The lowest BCUT2D eigenvalue weighted by atomic mass is 9.94. The van der Waals surface area contributed by atoms with Crippen molar-refractivity contribution in [1.29, 1.82) is 0 Å². The van der Waals surface area contributed by atoms with Gasteiger partial charge in [-0.3, -0.25) is 14.5 Å². The summed E-state index contributed by atoms with van der Waals surface area (Å²) in [6.45, 7) is 6.48. The summed E-state index contributed by atoms with van der Waals surface area (Å²) < 4.78 is 5.69. The summed E-state index contributed by atoms with van der Waals surface area (Å²) in [7, 11) is 0. The molecule has 1 saturated heterocycles. The molecule has 1 aliphatic rings. The highest BCUT2D eigenvalue weighted by Gasteiger charge is 2.47. The average Bonchev–Trinajstić information content (AvgIpc) is 3.08. The molecule has 0 saturated carbocycles. The average molecular weight is 442 g/mol. The SMILES string of the molecule is CCCOc1cccc(/C(O)=C2/C(=O)C(=O)N(c3ccc(C)cc3)C2c2cccc(C)c2)c1. The minimum absolute atomic E-state index is 0.0683. The van der Waals surface area contributed by atoms with Crippen LogP contribution in [0.15, 0.2) is 78.4 Å². The van der Waals surface area contributed by atoms with Gasteiger partial charge in [0.25, 0.3) is 11.7 Å². The number of aliphatic hydroxyl groups is 1. The largest absolute Gasteiger partial charge is 0.507 e. The first-order chi connectivity index (χ1) is 15.9. The van der Waals surface area contributed by atoms with Crippen LogP contribution in [0.2, 0.25) is 0 Å². The van der Waals surface area contributed by atoms with E-state index in [1.807, 2.05) is 69.3 Å². The number of aryl methyl sites for hydroxylation is 2. The minimum atomic E-state index is -0.743.